The fourth-order valence-electron chi connectivity index (χ4n) is 7.14. The van der Waals surface area contributed by atoms with Crippen molar-refractivity contribution in [3.8, 4) is 0 Å². The third kappa shape index (κ3) is 2.25. The average molecular weight is 337 g/mol. The summed E-state index contributed by atoms with van der Waals surface area (Å²) in [5.41, 5.74) is 2.18. The zero-order valence-corrected chi connectivity index (χ0v) is 15.7. The monoisotopic (exact) mass is 336 g/mol. The van der Waals surface area contributed by atoms with E-state index in [-0.39, 0.29) is 6.10 Å². The maximum atomic E-state index is 12.3. The Bertz CT molecular complexity index is 556. The summed E-state index contributed by atoms with van der Waals surface area (Å²) in [5.74, 6) is 2.33. The summed E-state index contributed by atoms with van der Waals surface area (Å²) in [4.78, 5) is 0. The smallest absolute Gasteiger partial charge is 0.0577 e. The van der Waals surface area contributed by atoms with Gasteiger partial charge in [-0.25, -0.2) is 0 Å². The van der Waals surface area contributed by atoms with Crippen LogP contribution < -0.4 is 0 Å². The highest BCUT2D eigenvalue weighted by Crippen LogP contribution is 2.65. The number of allylic oxidation sites excluding steroid dienone is 1. The number of fused-ring (bicyclic) bond motifs is 5. The Labute approximate surface area is 143 Å². The highest BCUT2D eigenvalue weighted by molar-refractivity contribution is 7.85. The van der Waals surface area contributed by atoms with Crippen molar-refractivity contribution in [1.82, 2.24) is 0 Å². The van der Waals surface area contributed by atoms with Crippen molar-refractivity contribution in [3.63, 3.8) is 0 Å². The van der Waals surface area contributed by atoms with E-state index in [0.29, 0.717) is 16.1 Å². The van der Waals surface area contributed by atoms with E-state index in [4.69, 9.17) is 0 Å². The van der Waals surface area contributed by atoms with Gasteiger partial charge in [0.25, 0.3) is 0 Å². The summed E-state index contributed by atoms with van der Waals surface area (Å²) in [5, 5.41) is 10.5. The molecule has 0 heterocycles. The Morgan fingerprint density at radius 1 is 1.13 bits per heavy atom. The third-order valence-electron chi connectivity index (χ3n) is 8.39. The Hall–Kier alpha value is -0.150. The van der Waals surface area contributed by atoms with Crippen LogP contribution in [0.5, 0.6) is 0 Å². The van der Waals surface area contributed by atoms with Crippen LogP contribution in [-0.4, -0.2) is 26.9 Å². The molecule has 8 atom stereocenters. The van der Waals surface area contributed by atoms with Crippen LogP contribution in [0.15, 0.2) is 11.6 Å². The molecule has 0 saturated heterocycles. The van der Waals surface area contributed by atoms with E-state index >= 15 is 0 Å². The summed E-state index contributed by atoms with van der Waals surface area (Å²) in [6, 6.07) is 0. The molecule has 2 nitrogen and oxygen atoms in total. The van der Waals surface area contributed by atoms with E-state index in [1.807, 2.05) is 6.26 Å². The molecule has 4 aliphatic rings. The first-order valence-electron chi connectivity index (χ1n) is 9.56. The second-order valence-electron chi connectivity index (χ2n) is 9.27. The lowest BCUT2D eigenvalue weighted by atomic mass is 9.48. The van der Waals surface area contributed by atoms with E-state index < -0.39 is 10.8 Å². The van der Waals surface area contributed by atoms with E-state index in [9.17, 15) is 9.32 Å². The fourth-order valence-corrected chi connectivity index (χ4v) is 8.66. The molecule has 4 rings (SSSR count). The molecule has 1 N–H and O–H groups in total. The minimum atomic E-state index is -0.682. The highest BCUT2D eigenvalue weighted by Gasteiger charge is 2.59. The van der Waals surface area contributed by atoms with E-state index in [2.05, 4.69) is 19.9 Å². The van der Waals surface area contributed by atoms with Gasteiger partial charge in [0.1, 0.15) is 0 Å². The van der Waals surface area contributed by atoms with Gasteiger partial charge in [-0.3, -0.25) is 4.21 Å². The Balaban J connectivity index is 1.66. The Kier molecular flexibility index (Phi) is 3.85. The maximum absolute atomic E-state index is 12.3. The predicted molar refractivity (Wildman–Crippen MR) is 95.6 cm³/mol. The van der Waals surface area contributed by atoms with Crippen LogP contribution in [0.4, 0.5) is 0 Å². The van der Waals surface area contributed by atoms with Gasteiger partial charge in [-0.1, -0.05) is 25.5 Å². The van der Waals surface area contributed by atoms with Gasteiger partial charge in [0.2, 0.25) is 0 Å². The molecule has 0 aliphatic heterocycles. The maximum Gasteiger partial charge on any atom is 0.0577 e. The molecule has 130 valence electrons. The number of rotatable bonds is 1. The van der Waals surface area contributed by atoms with Gasteiger partial charge in [0, 0.05) is 22.3 Å². The molecule has 3 saturated carbocycles. The van der Waals surface area contributed by atoms with Gasteiger partial charge in [0.15, 0.2) is 0 Å². The van der Waals surface area contributed by atoms with Crippen LogP contribution in [0.2, 0.25) is 0 Å². The summed E-state index contributed by atoms with van der Waals surface area (Å²) >= 11 is 0. The van der Waals surface area contributed by atoms with Crippen LogP contribution in [0.25, 0.3) is 0 Å². The van der Waals surface area contributed by atoms with Gasteiger partial charge in [0.05, 0.1) is 6.10 Å². The standard InChI is InChI=1S/C20H32O2S/c1-19-10-8-14(21)12-13(19)4-5-15-16-6-7-18(23(3)22)20(16,2)11-9-17(15)19/h4,14-18,21H,5-12H2,1-3H3/t14-,15?,16?,17?,18?,19-,20-,23?/m0/s1. The van der Waals surface area contributed by atoms with Crippen LogP contribution in [0, 0.1) is 28.6 Å². The summed E-state index contributed by atoms with van der Waals surface area (Å²) in [7, 11) is -0.682. The summed E-state index contributed by atoms with van der Waals surface area (Å²) in [6.07, 6.45) is 13.5. The molecule has 0 radical (unpaired) electrons. The third-order valence-corrected chi connectivity index (χ3v) is 9.97. The molecule has 3 fully saturated rings. The van der Waals surface area contributed by atoms with E-state index in [1.54, 1.807) is 5.57 Å². The zero-order chi connectivity index (χ0) is 16.4. The van der Waals surface area contributed by atoms with Crippen molar-refractivity contribution >= 4 is 10.8 Å². The molecule has 0 spiro atoms. The molecule has 3 heteroatoms. The molecule has 0 aromatic rings. The molecule has 23 heavy (non-hydrogen) atoms. The lowest BCUT2D eigenvalue weighted by Crippen LogP contribution is -2.51. The van der Waals surface area contributed by atoms with Crippen molar-refractivity contribution in [1.29, 1.82) is 0 Å². The largest absolute Gasteiger partial charge is 0.393 e. The summed E-state index contributed by atoms with van der Waals surface area (Å²) in [6.45, 7) is 4.92. The molecule has 4 aliphatic carbocycles. The first-order valence-corrected chi connectivity index (χ1v) is 11.2. The Morgan fingerprint density at radius 3 is 2.65 bits per heavy atom. The van der Waals surface area contributed by atoms with Crippen molar-refractivity contribution in [2.45, 2.75) is 76.6 Å². The van der Waals surface area contributed by atoms with Crippen LogP contribution in [-0.2, 0) is 10.8 Å². The lowest BCUT2D eigenvalue weighted by molar-refractivity contribution is -0.0348. The lowest BCUT2D eigenvalue weighted by Gasteiger charge is -2.57. The molecular formula is C20H32O2S. The fraction of sp³-hybridized carbons (Fsp3) is 0.900. The zero-order valence-electron chi connectivity index (χ0n) is 14.9. The average Bonchev–Trinajstić information content (AvgIpc) is 2.85. The van der Waals surface area contributed by atoms with E-state index in [1.165, 1.54) is 32.1 Å². The summed E-state index contributed by atoms with van der Waals surface area (Å²) < 4.78 is 12.3. The second-order valence-corrected chi connectivity index (χ2v) is 10.8. The van der Waals surface area contributed by atoms with Gasteiger partial charge in [-0.2, -0.15) is 0 Å². The number of hydrogen-bond acceptors (Lipinski definition) is 2. The minimum Gasteiger partial charge on any atom is -0.393 e. The van der Waals surface area contributed by atoms with Crippen molar-refractivity contribution in [2.75, 3.05) is 6.26 Å². The molecule has 0 aromatic carbocycles. The van der Waals surface area contributed by atoms with E-state index in [0.717, 1.165) is 37.0 Å². The van der Waals surface area contributed by atoms with Gasteiger partial charge in [-0.05, 0) is 80.0 Å². The van der Waals surface area contributed by atoms with Gasteiger partial charge in [-0.15, -0.1) is 0 Å². The minimum absolute atomic E-state index is 0.113. The molecule has 0 bridgehead atoms. The second kappa shape index (κ2) is 5.42. The topological polar surface area (TPSA) is 37.3 Å². The number of aliphatic hydroxyl groups is 1. The molecule has 0 aromatic heterocycles. The number of hydrogen-bond donors (Lipinski definition) is 1. The Morgan fingerprint density at radius 2 is 1.91 bits per heavy atom. The van der Waals surface area contributed by atoms with Crippen molar-refractivity contribution < 1.29 is 9.32 Å². The van der Waals surface area contributed by atoms with Crippen LogP contribution in [0.3, 0.4) is 0 Å². The highest BCUT2D eigenvalue weighted by atomic mass is 32.2. The van der Waals surface area contributed by atoms with Crippen molar-refractivity contribution in [2.24, 2.45) is 28.6 Å². The van der Waals surface area contributed by atoms with Gasteiger partial charge < -0.3 is 5.11 Å². The van der Waals surface area contributed by atoms with Crippen molar-refractivity contribution in [3.05, 3.63) is 11.6 Å². The molecule has 0 amide bonds. The molecular weight excluding hydrogens is 304 g/mol. The quantitative estimate of drug-likeness (QED) is 0.733. The SMILES string of the molecule is CS(=O)C1CCC2C3CC=C4C[C@@H](O)CC[C@]4(C)C3CC[C@@]21C. The number of aliphatic hydroxyl groups excluding tert-OH is 1. The van der Waals surface area contributed by atoms with Crippen LogP contribution in [0.1, 0.15) is 65.2 Å². The van der Waals surface area contributed by atoms with Crippen LogP contribution >= 0.6 is 0 Å². The predicted octanol–water partition coefficient (Wildman–Crippen LogP) is 4.06. The van der Waals surface area contributed by atoms with Gasteiger partial charge >= 0.3 is 0 Å². The first-order chi connectivity index (χ1) is 10.9. The first kappa shape index (κ1) is 16.3. The normalized spacial score (nSPS) is 53.7. The molecule has 5 unspecified atom stereocenters.